The Morgan fingerprint density at radius 2 is 1.71 bits per heavy atom. The van der Waals surface area contributed by atoms with Crippen LogP contribution in [0.3, 0.4) is 0 Å². The van der Waals surface area contributed by atoms with E-state index < -0.39 is 28.0 Å². The van der Waals surface area contributed by atoms with Gasteiger partial charge in [-0.15, -0.1) is 0 Å². The largest absolute Gasteiger partial charge is 0.449 e. The van der Waals surface area contributed by atoms with Crippen LogP contribution in [0.1, 0.15) is 43.0 Å². The molecule has 31 heavy (non-hydrogen) atoms. The number of hydrogen-bond acceptors (Lipinski definition) is 6. The van der Waals surface area contributed by atoms with Crippen LogP contribution in [0.15, 0.2) is 47.5 Å². The van der Waals surface area contributed by atoms with E-state index in [4.69, 9.17) is 16.3 Å². The van der Waals surface area contributed by atoms with E-state index in [0.29, 0.717) is 18.1 Å². The predicted octanol–water partition coefficient (Wildman–Crippen LogP) is 3.48. The number of carbonyl (C=O) groups is 2. The van der Waals surface area contributed by atoms with Crippen LogP contribution in [0, 0.1) is 0 Å². The summed E-state index contributed by atoms with van der Waals surface area (Å²) < 4.78 is 32.3. The number of anilines is 1. The second-order valence-corrected chi connectivity index (χ2v) is 9.62. The Hall–Kier alpha value is -2.49. The zero-order valence-corrected chi connectivity index (χ0v) is 18.7. The Bertz CT molecular complexity index is 1020. The van der Waals surface area contributed by atoms with Crippen LogP contribution < -0.4 is 5.32 Å². The number of benzene rings is 1. The van der Waals surface area contributed by atoms with Gasteiger partial charge in [0.15, 0.2) is 6.10 Å². The van der Waals surface area contributed by atoms with Crippen LogP contribution in [0.4, 0.5) is 5.82 Å². The van der Waals surface area contributed by atoms with Gasteiger partial charge >= 0.3 is 5.97 Å². The summed E-state index contributed by atoms with van der Waals surface area (Å²) in [7, 11) is -3.60. The number of nitrogens with one attached hydrogen (secondary N) is 1. The first-order valence-corrected chi connectivity index (χ1v) is 11.8. The number of sulfonamides is 1. The van der Waals surface area contributed by atoms with Gasteiger partial charge < -0.3 is 10.1 Å². The molecule has 2 aromatic rings. The predicted molar refractivity (Wildman–Crippen MR) is 116 cm³/mol. The van der Waals surface area contributed by atoms with Crippen molar-refractivity contribution in [3.8, 4) is 0 Å². The van der Waals surface area contributed by atoms with Crippen LogP contribution in [0.25, 0.3) is 0 Å². The highest BCUT2D eigenvalue weighted by Gasteiger charge is 2.26. The number of pyridine rings is 1. The SMILES string of the molecule is C[C@@H](OC(=O)c1ccc(S(=O)(=O)N2CCCCCC2)cc1)C(=O)Nc1ccc(Cl)cn1. The zero-order valence-electron chi connectivity index (χ0n) is 17.1. The maximum Gasteiger partial charge on any atom is 0.338 e. The van der Waals surface area contributed by atoms with Gasteiger partial charge in [0.1, 0.15) is 5.82 Å². The molecular weight excluding hydrogens is 442 g/mol. The molecule has 0 radical (unpaired) electrons. The summed E-state index contributed by atoms with van der Waals surface area (Å²) >= 11 is 5.75. The summed E-state index contributed by atoms with van der Waals surface area (Å²) in [5.74, 6) is -1.01. The highest BCUT2D eigenvalue weighted by Crippen LogP contribution is 2.21. The molecule has 1 atom stereocenters. The molecule has 1 aliphatic heterocycles. The topological polar surface area (TPSA) is 106 Å². The van der Waals surface area contributed by atoms with Gasteiger partial charge in [-0.05, 0) is 56.2 Å². The fourth-order valence-electron chi connectivity index (χ4n) is 3.15. The van der Waals surface area contributed by atoms with Crippen molar-refractivity contribution in [3.63, 3.8) is 0 Å². The number of esters is 1. The molecule has 1 saturated heterocycles. The van der Waals surface area contributed by atoms with Crippen LogP contribution in [-0.4, -0.2) is 48.8 Å². The van der Waals surface area contributed by atoms with Gasteiger partial charge in [0.2, 0.25) is 10.0 Å². The van der Waals surface area contributed by atoms with Crippen LogP contribution in [0.5, 0.6) is 0 Å². The normalized spacial score (nSPS) is 16.2. The first kappa shape index (κ1) is 23.2. The number of rotatable bonds is 6. The van der Waals surface area contributed by atoms with Crippen molar-refractivity contribution in [1.82, 2.24) is 9.29 Å². The molecule has 1 aromatic carbocycles. The van der Waals surface area contributed by atoms with Gasteiger partial charge in [-0.25, -0.2) is 18.2 Å². The number of ether oxygens (including phenoxy) is 1. The van der Waals surface area contributed by atoms with Crippen molar-refractivity contribution in [2.24, 2.45) is 0 Å². The van der Waals surface area contributed by atoms with Gasteiger partial charge in [0.25, 0.3) is 5.91 Å². The number of aromatic nitrogens is 1. The van der Waals surface area contributed by atoms with E-state index in [1.165, 1.54) is 47.8 Å². The van der Waals surface area contributed by atoms with Gasteiger partial charge in [0, 0.05) is 19.3 Å². The monoisotopic (exact) mass is 465 g/mol. The molecule has 1 aromatic heterocycles. The molecule has 0 spiro atoms. The summed E-state index contributed by atoms with van der Waals surface area (Å²) in [5, 5.41) is 2.95. The quantitative estimate of drug-likeness (QED) is 0.654. The van der Waals surface area contributed by atoms with E-state index in [2.05, 4.69) is 10.3 Å². The van der Waals surface area contributed by atoms with E-state index in [9.17, 15) is 18.0 Å². The molecule has 1 fully saturated rings. The average molecular weight is 466 g/mol. The van der Waals surface area contributed by atoms with Crippen molar-refractivity contribution in [2.75, 3.05) is 18.4 Å². The summed E-state index contributed by atoms with van der Waals surface area (Å²) in [6, 6.07) is 8.65. The standard InChI is InChI=1S/C21H24ClN3O5S/c1-15(20(26)24-19-11-8-17(22)14-23-19)30-21(27)16-6-9-18(10-7-16)31(28,29)25-12-4-2-3-5-13-25/h6-11,14-15H,2-5,12-13H2,1H3,(H,23,24,26)/t15-/m1/s1. The molecule has 0 saturated carbocycles. The third-order valence-corrected chi connectivity index (χ3v) is 7.06. The molecular formula is C21H24ClN3O5S. The first-order chi connectivity index (χ1) is 14.8. The highest BCUT2D eigenvalue weighted by atomic mass is 35.5. The zero-order chi connectivity index (χ0) is 22.4. The Kier molecular flexibility index (Phi) is 7.64. The van der Waals surface area contributed by atoms with E-state index in [-0.39, 0.29) is 16.3 Å². The molecule has 0 unspecified atom stereocenters. The Morgan fingerprint density at radius 1 is 1.06 bits per heavy atom. The second kappa shape index (κ2) is 10.2. The maximum atomic E-state index is 12.8. The fourth-order valence-corrected chi connectivity index (χ4v) is 4.78. The van der Waals surface area contributed by atoms with Crippen LogP contribution >= 0.6 is 11.6 Å². The molecule has 8 nitrogen and oxygen atoms in total. The lowest BCUT2D eigenvalue weighted by Gasteiger charge is -2.20. The summed E-state index contributed by atoms with van der Waals surface area (Å²) in [6.45, 7) is 2.43. The smallest absolute Gasteiger partial charge is 0.338 e. The van der Waals surface area contributed by atoms with E-state index in [1.54, 1.807) is 6.07 Å². The molecule has 1 N–H and O–H groups in total. The Morgan fingerprint density at radius 3 is 2.29 bits per heavy atom. The lowest BCUT2D eigenvalue weighted by molar-refractivity contribution is -0.123. The van der Waals surface area contributed by atoms with Gasteiger partial charge in [-0.3, -0.25) is 4.79 Å². The van der Waals surface area contributed by atoms with Gasteiger partial charge in [-0.1, -0.05) is 24.4 Å². The minimum Gasteiger partial charge on any atom is -0.449 e. The number of nitrogens with zero attached hydrogens (tertiary/aromatic N) is 2. The summed E-state index contributed by atoms with van der Waals surface area (Å²) in [6.07, 6.45) is 4.04. The number of hydrogen-bond donors (Lipinski definition) is 1. The van der Waals surface area contributed by atoms with Crippen molar-refractivity contribution in [3.05, 3.63) is 53.2 Å². The van der Waals surface area contributed by atoms with Gasteiger partial charge in [-0.2, -0.15) is 4.31 Å². The van der Waals surface area contributed by atoms with Crippen molar-refractivity contribution in [1.29, 1.82) is 0 Å². The van der Waals surface area contributed by atoms with E-state index in [0.717, 1.165) is 25.7 Å². The molecule has 166 valence electrons. The number of amides is 1. The van der Waals surface area contributed by atoms with Gasteiger partial charge in [0.05, 0.1) is 15.5 Å². The Balaban J connectivity index is 1.61. The third-order valence-electron chi connectivity index (χ3n) is 4.92. The average Bonchev–Trinajstić information content (AvgIpc) is 3.05. The number of carbonyl (C=O) groups excluding carboxylic acids is 2. The fraction of sp³-hybridized carbons (Fsp3) is 0.381. The molecule has 2 heterocycles. The van der Waals surface area contributed by atoms with Crippen molar-refractivity contribution >= 4 is 39.3 Å². The van der Waals surface area contributed by atoms with Crippen molar-refractivity contribution < 1.29 is 22.7 Å². The highest BCUT2D eigenvalue weighted by molar-refractivity contribution is 7.89. The van der Waals surface area contributed by atoms with Crippen LogP contribution in [0.2, 0.25) is 5.02 Å². The summed E-state index contributed by atoms with van der Waals surface area (Å²) in [4.78, 5) is 28.7. The maximum absolute atomic E-state index is 12.8. The molecule has 0 aliphatic carbocycles. The molecule has 1 amide bonds. The summed E-state index contributed by atoms with van der Waals surface area (Å²) in [5.41, 5.74) is 0.152. The molecule has 0 bridgehead atoms. The molecule has 1 aliphatic rings. The van der Waals surface area contributed by atoms with E-state index in [1.807, 2.05) is 0 Å². The van der Waals surface area contributed by atoms with Crippen LogP contribution in [-0.2, 0) is 19.6 Å². The minimum atomic E-state index is -3.60. The second-order valence-electron chi connectivity index (χ2n) is 7.24. The minimum absolute atomic E-state index is 0.130. The Labute approximate surface area is 186 Å². The third kappa shape index (κ3) is 6.03. The molecule has 3 rings (SSSR count). The van der Waals surface area contributed by atoms with Crippen molar-refractivity contribution in [2.45, 2.75) is 43.6 Å². The lowest BCUT2D eigenvalue weighted by atomic mass is 10.2. The first-order valence-electron chi connectivity index (χ1n) is 10.0. The number of halogens is 1. The molecule has 10 heteroatoms. The van der Waals surface area contributed by atoms with E-state index >= 15 is 0 Å². The lowest BCUT2D eigenvalue weighted by Crippen LogP contribution is -2.32.